The van der Waals surface area contributed by atoms with Crippen molar-refractivity contribution in [3.05, 3.63) is 33.9 Å². The van der Waals surface area contributed by atoms with Gasteiger partial charge < -0.3 is 15.5 Å². The van der Waals surface area contributed by atoms with E-state index in [4.69, 9.17) is 5.11 Å². The molecule has 1 aromatic rings. The van der Waals surface area contributed by atoms with Crippen LogP contribution < -0.4 is 5.32 Å². The average molecular weight is 240 g/mol. The summed E-state index contributed by atoms with van der Waals surface area (Å²) in [5.41, 5.74) is -0.108. The fourth-order valence-electron chi connectivity index (χ4n) is 1.26. The third-order valence-electron chi connectivity index (χ3n) is 2.42. The zero-order chi connectivity index (χ0) is 13.1. The number of hydrogen-bond acceptors (Lipinski definition) is 5. The predicted octanol–water partition coefficient (Wildman–Crippen LogP) is 1.06. The molecule has 94 valence electrons. The number of nitrogens with zero attached hydrogens (tertiary/aromatic N) is 1. The first-order valence-electron chi connectivity index (χ1n) is 5.18. The molecule has 1 atom stereocenters. The van der Waals surface area contributed by atoms with Gasteiger partial charge in [-0.15, -0.1) is 0 Å². The molecule has 0 saturated carbocycles. The third kappa shape index (κ3) is 3.69. The van der Waals surface area contributed by atoms with Crippen LogP contribution in [0.4, 0.5) is 11.4 Å². The molecule has 17 heavy (non-hydrogen) atoms. The molecule has 0 amide bonds. The molecular weight excluding hydrogens is 224 g/mol. The zero-order valence-electron chi connectivity index (χ0n) is 9.80. The number of aliphatic hydroxyl groups excluding tert-OH is 1. The first kappa shape index (κ1) is 13.4. The Morgan fingerprint density at radius 3 is 2.71 bits per heavy atom. The molecule has 0 fully saturated rings. The summed E-state index contributed by atoms with van der Waals surface area (Å²) >= 11 is 0. The quantitative estimate of drug-likeness (QED) is 0.528. The van der Waals surface area contributed by atoms with Crippen LogP contribution in [-0.2, 0) is 0 Å². The third-order valence-corrected chi connectivity index (χ3v) is 2.42. The highest BCUT2D eigenvalue weighted by molar-refractivity contribution is 5.55. The van der Waals surface area contributed by atoms with Crippen LogP contribution >= 0.6 is 0 Å². The second kappa shape index (κ2) is 5.11. The summed E-state index contributed by atoms with van der Waals surface area (Å²) in [6.45, 7) is 2.87. The molecule has 0 bridgehead atoms. The van der Waals surface area contributed by atoms with Gasteiger partial charge in [-0.25, -0.2) is 0 Å². The second-order valence-electron chi connectivity index (χ2n) is 4.27. The van der Waals surface area contributed by atoms with E-state index >= 15 is 0 Å². The van der Waals surface area contributed by atoms with E-state index in [1.807, 2.05) is 0 Å². The molecular formula is C11H16N2O4. The lowest BCUT2D eigenvalue weighted by Gasteiger charge is -2.21. The Hall–Kier alpha value is -1.66. The second-order valence-corrected chi connectivity index (χ2v) is 4.27. The van der Waals surface area contributed by atoms with Crippen LogP contribution in [0.2, 0.25) is 0 Å². The first-order chi connectivity index (χ1) is 7.85. The van der Waals surface area contributed by atoms with Crippen molar-refractivity contribution in [1.82, 2.24) is 0 Å². The zero-order valence-corrected chi connectivity index (χ0v) is 9.80. The smallest absolute Gasteiger partial charge is 0.274 e. The summed E-state index contributed by atoms with van der Waals surface area (Å²) in [5, 5.41) is 32.0. The van der Waals surface area contributed by atoms with Crippen LogP contribution in [0.25, 0.3) is 0 Å². The maximum Gasteiger partial charge on any atom is 0.274 e. The fourth-order valence-corrected chi connectivity index (χ4v) is 1.26. The molecule has 0 heterocycles. The van der Waals surface area contributed by atoms with Gasteiger partial charge in [-0.1, -0.05) is 6.07 Å². The van der Waals surface area contributed by atoms with Crippen molar-refractivity contribution in [2.75, 3.05) is 18.5 Å². The van der Waals surface area contributed by atoms with Gasteiger partial charge in [-0.05, 0) is 19.9 Å². The monoisotopic (exact) mass is 240 g/mol. The van der Waals surface area contributed by atoms with E-state index in [-0.39, 0.29) is 18.8 Å². The average Bonchev–Trinajstić information content (AvgIpc) is 2.27. The topological polar surface area (TPSA) is 95.6 Å². The van der Waals surface area contributed by atoms with Gasteiger partial charge in [0.15, 0.2) is 0 Å². The molecule has 3 N–H and O–H groups in total. The van der Waals surface area contributed by atoms with E-state index in [0.717, 1.165) is 0 Å². The van der Waals surface area contributed by atoms with Gasteiger partial charge in [0.1, 0.15) is 5.60 Å². The minimum absolute atomic E-state index is 0.0265. The van der Waals surface area contributed by atoms with Crippen LogP contribution in [0, 0.1) is 17.0 Å². The highest BCUT2D eigenvalue weighted by atomic mass is 16.6. The molecule has 0 radical (unpaired) electrons. The number of aliphatic hydroxyl groups is 2. The summed E-state index contributed by atoms with van der Waals surface area (Å²) in [6.07, 6.45) is 0. The molecule has 0 aliphatic carbocycles. The van der Waals surface area contributed by atoms with Gasteiger partial charge in [0.05, 0.1) is 11.5 Å². The standard InChI is InChI=1S/C11H16N2O4/c1-8-3-4-9(5-10(8)13(16)17)12-6-11(2,15)7-14/h3-5,12,14-15H,6-7H2,1-2H3. The molecule has 1 unspecified atom stereocenters. The van der Waals surface area contributed by atoms with Gasteiger partial charge >= 0.3 is 0 Å². The Morgan fingerprint density at radius 1 is 1.53 bits per heavy atom. The van der Waals surface area contributed by atoms with Crippen molar-refractivity contribution >= 4 is 11.4 Å². The normalized spacial score (nSPS) is 14.1. The van der Waals surface area contributed by atoms with Crippen molar-refractivity contribution < 1.29 is 15.1 Å². The molecule has 0 saturated heterocycles. The van der Waals surface area contributed by atoms with E-state index in [1.165, 1.54) is 13.0 Å². The Kier molecular flexibility index (Phi) is 4.03. The summed E-state index contributed by atoms with van der Waals surface area (Å²) < 4.78 is 0. The Bertz CT molecular complexity index is 418. The Balaban J connectivity index is 2.80. The lowest BCUT2D eigenvalue weighted by Crippen LogP contribution is -2.37. The highest BCUT2D eigenvalue weighted by Crippen LogP contribution is 2.22. The largest absolute Gasteiger partial charge is 0.393 e. The van der Waals surface area contributed by atoms with Crippen molar-refractivity contribution in [1.29, 1.82) is 0 Å². The Morgan fingerprint density at radius 2 is 2.18 bits per heavy atom. The number of nitro groups is 1. The summed E-state index contributed by atoms with van der Waals surface area (Å²) in [4.78, 5) is 10.3. The van der Waals surface area contributed by atoms with E-state index in [1.54, 1.807) is 19.1 Å². The molecule has 1 rings (SSSR count). The van der Waals surface area contributed by atoms with Gasteiger partial charge in [-0.2, -0.15) is 0 Å². The lowest BCUT2D eigenvalue weighted by molar-refractivity contribution is -0.385. The van der Waals surface area contributed by atoms with Crippen LogP contribution in [0.5, 0.6) is 0 Å². The number of nitrogens with one attached hydrogen (secondary N) is 1. The van der Waals surface area contributed by atoms with Gasteiger partial charge in [0, 0.05) is 23.9 Å². The molecule has 0 spiro atoms. The number of rotatable bonds is 5. The molecule has 1 aromatic carbocycles. The van der Waals surface area contributed by atoms with Gasteiger partial charge in [-0.3, -0.25) is 10.1 Å². The van der Waals surface area contributed by atoms with Crippen LogP contribution in [0.1, 0.15) is 12.5 Å². The molecule has 0 aromatic heterocycles. The number of anilines is 1. The van der Waals surface area contributed by atoms with Gasteiger partial charge in [0.25, 0.3) is 5.69 Å². The lowest BCUT2D eigenvalue weighted by atomic mass is 10.1. The maximum atomic E-state index is 10.7. The van der Waals surface area contributed by atoms with Crippen molar-refractivity contribution in [2.24, 2.45) is 0 Å². The summed E-state index contributed by atoms with van der Waals surface area (Å²) in [6, 6.07) is 4.73. The first-order valence-corrected chi connectivity index (χ1v) is 5.18. The van der Waals surface area contributed by atoms with Crippen LogP contribution in [-0.4, -0.2) is 33.9 Å². The molecule has 0 aliphatic rings. The molecule has 6 nitrogen and oxygen atoms in total. The van der Waals surface area contributed by atoms with E-state index in [2.05, 4.69) is 5.32 Å². The molecule has 0 aliphatic heterocycles. The highest BCUT2D eigenvalue weighted by Gasteiger charge is 2.19. The maximum absolute atomic E-state index is 10.7. The number of hydrogen-bond donors (Lipinski definition) is 3. The summed E-state index contributed by atoms with van der Waals surface area (Å²) in [5.74, 6) is 0. The fraction of sp³-hybridized carbons (Fsp3) is 0.455. The van der Waals surface area contributed by atoms with Gasteiger partial charge in [0.2, 0.25) is 0 Å². The van der Waals surface area contributed by atoms with E-state index < -0.39 is 10.5 Å². The SMILES string of the molecule is Cc1ccc(NCC(C)(O)CO)cc1[N+](=O)[O-]. The van der Waals surface area contributed by atoms with Crippen LogP contribution in [0.3, 0.4) is 0 Å². The Labute approximate surface area is 99.0 Å². The van der Waals surface area contributed by atoms with E-state index in [0.29, 0.717) is 11.3 Å². The predicted molar refractivity (Wildman–Crippen MR) is 64.0 cm³/mol. The number of benzene rings is 1. The number of aryl methyl sites for hydroxylation is 1. The number of nitro benzene ring substituents is 1. The van der Waals surface area contributed by atoms with Crippen molar-refractivity contribution in [3.63, 3.8) is 0 Å². The summed E-state index contributed by atoms with van der Waals surface area (Å²) in [7, 11) is 0. The minimum atomic E-state index is -1.25. The van der Waals surface area contributed by atoms with Crippen molar-refractivity contribution in [3.8, 4) is 0 Å². The van der Waals surface area contributed by atoms with Crippen molar-refractivity contribution in [2.45, 2.75) is 19.4 Å². The van der Waals surface area contributed by atoms with E-state index in [9.17, 15) is 15.2 Å². The minimum Gasteiger partial charge on any atom is -0.393 e. The molecule has 6 heteroatoms. The van der Waals surface area contributed by atoms with Crippen LogP contribution in [0.15, 0.2) is 18.2 Å².